The normalized spacial score (nSPS) is 12.9. The first-order valence-electron chi connectivity index (χ1n) is 5.61. The SMILES string of the molecule is CC(C)(C)[C@H](NC(=O)c1ccc(Br)cc1Cl)C(=O)O. The largest absolute Gasteiger partial charge is 0.480 e. The molecule has 0 aliphatic rings. The first-order chi connectivity index (χ1) is 8.62. The maximum atomic E-state index is 12.1. The van der Waals surface area contributed by atoms with E-state index in [0.717, 1.165) is 4.47 Å². The summed E-state index contributed by atoms with van der Waals surface area (Å²) in [7, 11) is 0. The van der Waals surface area contributed by atoms with E-state index in [0.29, 0.717) is 0 Å². The molecule has 104 valence electrons. The predicted molar refractivity (Wildman–Crippen MR) is 77.5 cm³/mol. The van der Waals surface area contributed by atoms with Gasteiger partial charge < -0.3 is 10.4 Å². The van der Waals surface area contributed by atoms with Gasteiger partial charge in [-0.2, -0.15) is 0 Å². The van der Waals surface area contributed by atoms with Gasteiger partial charge in [-0.05, 0) is 23.6 Å². The first-order valence-corrected chi connectivity index (χ1v) is 6.78. The van der Waals surface area contributed by atoms with Gasteiger partial charge in [0.15, 0.2) is 0 Å². The summed E-state index contributed by atoms with van der Waals surface area (Å²) in [6.07, 6.45) is 0. The van der Waals surface area contributed by atoms with Crippen LogP contribution in [0.4, 0.5) is 0 Å². The number of nitrogens with one attached hydrogen (secondary N) is 1. The molecule has 4 nitrogen and oxygen atoms in total. The van der Waals surface area contributed by atoms with E-state index in [9.17, 15) is 9.59 Å². The van der Waals surface area contributed by atoms with Crippen molar-refractivity contribution in [3.05, 3.63) is 33.3 Å². The van der Waals surface area contributed by atoms with Gasteiger partial charge in [-0.3, -0.25) is 4.79 Å². The molecular formula is C13H15BrClNO3. The molecule has 1 aromatic carbocycles. The second-order valence-corrected chi connectivity index (χ2v) is 6.56. The molecule has 6 heteroatoms. The van der Waals surface area contributed by atoms with E-state index in [2.05, 4.69) is 21.2 Å². The van der Waals surface area contributed by atoms with Crippen molar-refractivity contribution in [3.63, 3.8) is 0 Å². The van der Waals surface area contributed by atoms with Crippen LogP contribution in [0.15, 0.2) is 22.7 Å². The number of benzene rings is 1. The number of carboxylic acid groups (broad SMARTS) is 1. The predicted octanol–water partition coefficient (Wildman–Crippen LogP) is 3.33. The zero-order valence-electron chi connectivity index (χ0n) is 10.8. The molecule has 1 rings (SSSR count). The van der Waals surface area contributed by atoms with Gasteiger partial charge in [-0.25, -0.2) is 4.79 Å². The molecule has 1 aromatic rings. The van der Waals surface area contributed by atoms with E-state index in [1.54, 1.807) is 39.0 Å². The Balaban J connectivity index is 2.98. The van der Waals surface area contributed by atoms with E-state index < -0.39 is 23.3 Å². The lowest BCUT2D eigenvalue weighted by Crippen LogP contribution is -2.49. The molecule has 0 saturated heterocycles. The number of hydrogen-bond donors (Lipinski definition) is 2. The number of halogens is 2. The molecule has 1 atom stereocenters. The van der Waals surface area contributed by atoms with E-state index >= 15 is 0 Å². The van der Waals surface area contributed by atoms with Crippen molar-refractivity contribution in [2.75, 3.05) is 0 Å². The van der Waals surface area contributed by atoms with Crippen LogP contribution in [0, 0.1) is 5.41 Å². The zero-order chi connectivity index (χ0) is 14.8. The summed E-state index contributed by atoms with van der Waals surface area (Å²) in [6, 6.07) is 3.82. The summed E-state index contributed by atoms with van der Waals surface area (Å²) < 4.78 is 0.750. The van der Waals surface area contributed by atoms with Crippen molar-refractivity contribution < 1.29 is 14.7 Å². The highest BCUT2D eigenvalue weighted by atomic mass is 79.9. The molecule has 0 bridgehead atoms. The summed E-state index contributed by atoms with van der Waals surface area (Å²) in [5.74, 6) is -1.58. The minimum absolute atomic E-state index is 0.250. The van der Waals surface area contributed by atoms with E-state index in [1.165, 1.54) is 0 Å². The van der Waals surface area contributed by atoms with Gasteiger partial charge >= 0.3 is 5.97 Å². The van der Waals surface area contributed by atoms with Crippen LogP contribution in [0.25, 0.3) is 0 Å². The first kappa shape index (κ1) is 16.0. The zero-order valence-corrected chi connectivity index (χ0v) is 13.2. The molecule has 0 heterocycles. The van der Waals surface area contributed by atoms with Crippen LogP contribution < -0.4 is 5.32 Å². The second kappa shape index (κ2) is 5.92. The van der Waals surface area contributed by atoms with Gasteiger partial charge in [0.05, 0.1) is 10.6 Å². The summed E-state index contributed by atoms with van der Waals surface area (Å²) in [4.78, 5) is 23.3. The quantitative estimate of drug-likeness (QED) is 0.880. The third kappa shape index (κ3) is 4.21. The fourth-order valence-electron chi connectivity index (χ4n) is 1.53. The van der Waals surface area contributed by atoms with E-state index in [-0.39, 0.29) is 10.6 Å². The number of hydrogen-bond acceptors (Lipinski definition) is 2. The van der Waals surface area contributed by atoms with Crippen LogP contribution in [0.2, 0.25) is 5.02 Å². The van der Waals surface area contributed by atoms with Crippen molar-refractivity contribution >= 4 is 39.4 Å². The van der Waals surface area contributed by atoms with Crippen LogP contribution in [0.5, 0.6) is 0 Å². The van der Waals surface area contributed by atoms with Crippen LogP contribution in [0.3, 0.4) is 0 Å². The fourth-order valence-corrected chi connectivity index (χ4v) is 2.29. The Morgan fingerprint density at radius 3 is 2.37 bits per heavy atom. The third-order valence-electron chi connectivity index (χ3n) is 2.56. The number of rotatable bonds is 3. The average molecular weight is 349 g/mol. The Labute approximate surface area is 125 Å². The van der Waals surface area contributed by atoms with Crippen molar-refractivity contribution in [3.8, 4) is 0 Å². The van der Waals surface area contributed by atoms with Gasteiger partial charge in [0.1, 0.15) is 6.04 Å². The number of carboxylic acids is 1. The average Bonchev–Trinajstić information content (AvgIpc) is 2.23. The highest BCUT2D eigenvalue weighted by molar-refractivity contribution is 9.10. The van der Waals surface area contributed by atoms with E-state index in [4.69, 9.17) is 16.7 Å². The molecule has 0 aliphatic carbocycles. The molecule has 0 aromatic heterocycles. The molecule has 0 unspecified atom stereocenters. The van der Waals surface area contributed by atoms with Crippen LogP contribution >= 0.6 is 27.5 Å². The number of amides is 1. The van der Waals surface area contributed by atoms with Crippen LogP contribution in [-0.2, 0) is 4.79 Å². The second-order valence-electron chi connectivity index (χ2n) is 5.23. The Morgan fingerprint density at radius 2 is 1.95 bits per heavy atom. The molecule has 1 amide bonds. The third-order valence-corrected chi connectivity index (χ3v) is 3.37. The molecule has 0 radical (unpaired) electrons. The van der Waals surface area contributed by atoms with Gasteiger partial charge in [0.25, 0.3) is 5.91 Å². The Bertz CT molecular complexity index is 511. The lowest BCUT2D eigenvalue weighted by molar-refractivity contribution is -0.142. The molecule has 0 saturated carbocycles. The highest BCUT2D eigenvalue weighted by Crippen LogP contribution is 2.23. The standard InChI is InChI=1S/C13H15BrClNO3/c1-13(2,3)10(12(18)19)16-11(17)8-5-4-7(14)6-9(8)15/h4-6,10H,1-3H3,(H,16,17)(H,18,19)/t10-/m1/s1. The fraction of sp³-hybridized carbons (Fsp3) is 0.385. The van der Waals surface area contributed by atoms with Crippen molar-refractivity contribution in [2.24, 2.45) is 5.41 Å². The summed E-state index contributed by atoms with van der Waals surface area (Å²) in [5, 5.41) is 11.9. The topological polar surface area (TPSA) is 66.4 Å². The maximum absolute atomic E-state index is 12.1. The Morgan fingerprint density at radius 1 is 1.37 bits per heavy atom. The van der Waals surface area contributed by atoms with Crippen molar-refractivity contribution in [1.82, 2.24) is 5.32 Å². The van der Waals surface area contributed by atoms with E-state index in [1.807, 2.05) is 0 Å². The minimum atomic E-state index is -1.07. The minimum Gasteiger partial charge on any atom is -0.480 e. The van der Waals surface area contributed by atoms with Gasteiger partial charge in [-0.1, -0.05) is 48.3 Å². The molecule has 19 heavy (non-hydrogen) atoms. The number of carbonyl (C=O) groups excluding carboxylic acids is 1. The number of carbonyl (C=O) groups is 2. The van der Waals surface area contributed by atoms with Gasteiger partial charge in [-0.15, -0.1) is 0 Å². The molecule has 0 fully saturated rings. The Kier molecular flexibility index (Phi) is 4.98. The van der Waals surface area contributed by atoms with Crippen molar-refractivity contribution in [2.45, 2.75) is 26.8 Å². The lowest BCUT2D eigenvalue weighted by atomic mass is 9.86. The summed E-state index contributed by atoms with van der Waals surface area (Å²) >= 11 is 9.20. The maximum Gasteiger partial charge on any atom is 0.326 e. The summed E-state index contributed by atoms with van der Waals surface area (Å²) in [5.41, 5.74) is -0.344. The molecule has 2 N–H and O–H groups in total. The summed E-state index contributed by atoms with van der Waals surface area (Å²) in [6.45, 7) is 5.24. The number of aliphatic carboxylic acids is 1. The monoisotopic (exact) mass is 347 g/mol. The molecular weight excluding hydrogens is 334 g/mol. The lowest BCUT2D eigenvalue weighted by Gasteiger charge is -2.27. The van der Waals surface area contributed by atoms with Crippen LogP contribution in [0.1, 0.15) is 31.1 Å². The van der Waals surface area contributed by atoms with Gasteiger partial charge in [0, 0.05) is 4.47 Å². The highest BCUT2D eigenvalue weighted by Gasteiger charge is 2.33. The Hall–Kier alpha value is -1.07. The smallest absolute Gasteiger partial charge is 0.326 e. The van der Waals surface area contributed by atoms with Crippen molar-refractivity contribution in [1.29, 1.82) is 0 Å². The molecule has 0 spiro atoms. The molecule has 0 aliphatic heterocycles. The van der Waals surface area contributed by atoms with Crippen LogP contribution in [-0.4, -0.2) is 23.0 Å². The van der Waals surface area contributed by atoms with Gasteiger partial charge in [0.2, 0.25) is 0 Å².